The molecule has 5 nitrogen and oxygen atoms in total. The molecule has 1 N–H and O–H groups in total. The second-order valence-electron chi connectivity index (χ2n) is 8.12. The van der Waals surface area contributed by atoms with Gasteiger partial charge in [-0.1, -0.05) is 18.9 Å². The highest BCUT2D eigenvalue weighted by atomic mass is 19.1. The average Bonchev–Trinajstić information content (AvgIpc) is 3.38. The van der Waals surface area contributed by atoms with Crippen LogP contribution in [0.25, 0.3) is 0 Å². The van der Waals surface area contributed by atoms with Crippen LogP contribution in [0.1, 0.15) is 38.5 Å². The highest BCUT2D eigenvalue weighted by Crippen LogP contribution is 2.33. The van der Waals surface area contributed by atoms with E-state index < -0.39 is 0 Å². The molecule has 1 saturated heterocycles. The fourth-order valence-corrected chi connectivity index (χ4v) is 4.54. The SMILES string of the molecule is O=C(Nc1cccc(F)c1)[C@H](C1CCCC1)N1CCN(C(=O)C2CC2)CC1. The number of halogens is 1. The minimum atomic E-state index is -0.350. The number of nitrogens with zero attached hydrogens (tertiary/aromatic N) is 2. The standard InChI is InChI=1S/C21H28FN3O2/c22-17-6-3-7-18(14-17)23-20(26)19(15-4-1-2-5-15)24-10-12-25(13-11-24)21(27)16-8-9-16/h3,6-7,14-16,19H,1-2,4-5,8-13H2,(H,23,26)/t19-/m0/s1. The summed E-state index contributed by atoms with van der Waals surface area (Å²) in [6, 6.07) is 5.86. The molecule has 1 heterocycles. The normalized spacial score (nSPS) is 22.6. The summed E-state index contributed by atoms with van der Waals surface area (Å²) in [4.78, 5) is 29.6. The lowest BCUT2D eigenvalue weighted by Crippen LogP contribution is -2.57. The molecule has 0 radical (unpaired) electrons. The summed E-state index contributed by atoms with van der Waals surface area (Å²) in [5, 5.41) is 2.92. The van der Waals surface area contributed by atoms with Gasteiger partial charge in [0.1, 0.15) is 5.82 Å². The first kappa shape index (κ1) is 18.4. The van der Waals surface area contributed by atoms with Crippen molar-refractivity contribution in [3.8, 4) is 0 Å². The smallest absolute Gasteiger partial charge is 0.242 e. The van der Waals surface area contributed by atoms with E-state index in [1.165, 1.54) is 12.1 Å². The van der Waals surface area contributed by atoms with Crippen LogP contribution in [0.15, 0.2) is 24.3 Å². The molecule has 1 aliphatic heterocycles. The maximum Gasteiger partial charge on any atom is 0.242 e. The maximum atomic E-state index is 13.5. The molecule has 0 aromatic heterocycles. The van der Waals surface area contributed by atoms with Gasteiger partial charge in [0.2, 0.25) is 11.8 Å². The third kappa shape index (κ3) is 4.32. The fourth-order valence-electron chi connectivity index (χ4n) is 4.54. The van der Waals surface area contributed by atoms with Gasteiger partial charge in [-0.25, -0.2) is 4.39 Å². The molecule has 3 fully saturated rings. The molecule has 0 bridgehead atoms. The number of benzene rings is 1. The van der Waals surface area contributed by atoms with Crippen LogP contribution >= 0.6 is 0 Å². The van der Waals surface area contributed by atoms with Crippen molar-refractivity contribution in [3.63, 3.8) is 0 Å². The third-order valence-corrected chi connectivity index (χ3v) is 6.15. The zero-order valence-corrected chi connectivity index (χ0v) is 15.7. The molecule has 6 heteroatoms. The van der Waals surface area contributed by atoms with Gasteiger partial charge in [-0.2, -0.15) is 0 Å². The number of piperazine rings is 1. The van der Waals surface area contributed by atoms with E-state index in [1.807, 2.05) is 4.90 Å². The Bertz CT molecular complexity index is 692. The molecule has 1 aromatic rings. The molecular formula is C21H28FN3O2. The maximum absolute atomic E-state index is 13.5. The van der Waals surface area contributed by atoms with E-state index in [1.54, 1.807) is 12.1 Å². The van der Waals surface area contributed by atoms with Gasteiger partial charge in [0.25, 0.3) is 0 Å². The van der Waals surface area contributed by atoms with E-state index in [4.69, 9.17) is 0 Å². The van der Waals surface area contributed by atoms with Crippen LogP contribution in [0.3, 0.4) is 0 Å². The van der Waals surface area contributed by atoms with Gasteiger partial charge in [0.05, 0.1) is 6.04 Å². The Kier molecular flexibility index (Phi) is 5.43. The van der Waals surface area contributed by atoms with Crippen molar-refractivity contribution in [2.75, 3.05) is 31.5 Å². The van der Waals surface area contributed by atoms with Gasteiger partial charge >= 0.3 is 0 Å². The molecule has 146 valence electrons. The Morgan fingerprint density at radius 2 is 1.74 bits per heavy atom. The van der Waals surface area contributed by atoms with Crippen LogP contribution < -0.4 is 5.32 Å². The summed E-state index contributed by atoms with van der Waals surface area (Å²) >= 11 is 0. The zero-order chi connectivity index (χ0) is 18.8. The van der Waals surface area contributed by atoms with Crippen molar-refractivity contribution in [2.24, 2.45) is 11.8 Å². The first-order valence-corrected chi connectivity index (χ1v) is 10.2. The summed E-state index contributed by atoms with van der Waals surface area (Å²) in [5.41, 5.74) is 0.505. The first-order chi connectivity index (χ1) is 13.1. The second-order valence-corrected chi connectivity index (χ2v) is 8.12. The fraction of sp³-hybridized carbons (Fsp3) is 0.619. The predicted molar refractivity (Wildman–Crippen MR) is 102 cm³/mol. The lowest BCUT2D eigenvalue weighted by molar-refractivity contribution is -0.135. The molecule has 1 aromatic carbocycles. The van der Waals surface area contributed by atoms with Crippen LogP contribution in [0.2, 0.25) is 0 Å². The second kappa shape index (κ2) is 7.97. The van der Waals surface area contributed by atoms with E-state index >= 15 is 0 Å². The van der Waals surface area contributed by atoms with Gasteiger partial charge in [0.15, 0.2) is 0 Å². The number of anilines is 1. The van der Waals surface area contributed by atoms with Crippen molar-refractivity contribution in [3.05, 3.63) is 30.1 Å². The van der Waals surface area contributed by atoms with Gasteiger partial charge in [0, 0.05) is 37.8 Å². The quantitative estimate of drug-likeness (QED) is 0.864. The van der Waals surface area contributed by atoms with E-state index in [9.17, 15) is 14.0 Å². The number of rotatable bonds is 5. The molecule has 1 atom stereocenters. The lowest BCUT2D eigenvalue weighted by atomic mass is 9.94. The Morgan fingerprint density at radius 3 is 2.37 bits per heavy atom. The van der Waals surface area contributed by atoms with Gasteiger partial charge in [-0.05, 0) is 49.8 Å². The third-order valence-electron chi connectivity index (χ3n) is 6.15. The highest BCUT2D eigenvalue weighted by molar-refractivity contribution is 5.95. The van der Waals surface area contributed by atoms with Crippen LogP contribution in [-0.4, -0.2) is 53.8 Å². The van der Waals surface area contributed by atoms with E-state index in [0.29, 0.717) is 24.7 Å². The number of carbonyl (C=O) groups is 2. The Labute approximate surface area is 159 Å². The van der Waals surface area contributed by atoms with Crippen LogP contribution in [0.4, 0.5) is 10.1 Å². The number of hydrogen-bond donors (Lipinski definition) is 1. The van der Waals surface area contributed by atoms with Crippen molar-refractivity contribution in [2.45, 2.75) is 44.6 Å². The van der Waals surface area contributed by atoms with Crippen LogP contribution in [-0.2, 0) is 9.59 Å². The Hall–Kier alpha value is -1.95. The van der Waals surface area contributed by atoms with Crippen molar-refractivity contribution < 1.29 is 14.0 Å². The number of hydrogen-bond acceptors (Lipinski definition) is 3. The molecule has 0 unspecified atom stereocenters. The van der Waals surface area contributed by atoms with E-state index in [2.05, 4.69) is 10.2 Å². The topological polar surface area (TPSA) is 52.7 Å². The van der Waals surface area contributed by atoms with Crippen molar-refractivity contribution in [1.29, 1.82) is 0 Å². The van der Waals surface area contributed by atoms with E-state index in [-0.39, 0.29) is 29.6 Å². The highest BCUT2D eigenvalue weighted by Gasteiger charge is 2.39. The predicted octanol–water partition coefficient (Wildman–Crippen LogP) is 2.88. The summed E-state index contributed by atoms with van der Waals surface area (Å²) in [6.45, 7) is 2.87. The molecule has 3 aliphatic rings. The molecule has 0 spiro atoms. The number of nitrogens with one attached hydrogen (secondary N) is 1. The van der Waals surface area contributed by atoms with Gasteiger partial charge < -0.3 is 10.2 Å². The lowest BCUT2D eigenvalue weighted by Gasteiger charge is -2.40. The van der Waals surface area contributed by atoms with E-state index in [0.717, 1.165) is 51.6 Å². The molecular weight excluding hydrogens is 345 g/mol. The zero-order valence-electron chi connectivity index (χ0n) is 15.7. The molecule has 2 aliphatic carbocycles. The summed E-state index contributed by atoms with van der Waals surface area (Å²) < 4.78 is 13.5. The summed E-state index contributed by atoms with van der Waals surface area (Å²) in [5.74, 6) is 0.478. The Balaban J connectivity index is 1.43. The largest absolute Gasteiger partial charge is 0.340 e. The van der Waals surface area contributed by atoms with Gasteiger partial charge in [-0.15, -0.1) is 0 Å². The van der Waals surface area contributed by atoms with Crippen molar-refractivity contribution in [1.82, 2.24) is 9.80 Å². The average molecular weight is 373 g/mol. The van der Waals surface area contributed by atoms with Crippen LogP contribution in [0.5, 0.6) is 0 Å². The molecule has 4 rings (SSSR count). The molecule has 2 amide bonds. The molecule has 2 saturated carbocycles. The Morgan fingerprint density at radius 1 is 1.04 bits per heavy atom. The molecule has 27 heavy (non-hydrogen) atoms. The van der Waals surface area contributed by atoms with Crippen LogP contribution in [0, 0.1) is 17.7 Å². The summed E-state index contributed by atoms with van der Waals surface area (Å²) in [6.07, 6.45) is 6.49. The minimum absolute atomic E-state index is 0.0468. The monoisotopic (exact) mass is 373 g/mol. The van der Waals surface area contributed by atoms with Crippen molar-refractivity contribution >= 4 is 17.5 Å². The van der Waals surface area contributed by atoms with Gasteiger partial charge in [-0.3, -0.25) is 14.5 Å². The minimum Gasteiger partial charge on any atom is -0.340 e. The summed E-state index contributed by atoms with van der Waals surface area (Å²) in [7, 11) is 0. The number of carbonyl (C=O) groups excluding carboxylic acids is 2. The number of amides is 2. The first-order valence-electron chi connectivity index (χ1n) is 10.2.